The summed E-state index contributed by atoms with van der Waals surface area (Å²) in [6.07, 6.45) is 1.92. The van der Waals surface area contributed by atoms with Gasteiger partial charge in [-0.3, -0.25) is 9.69 Å². The Morgan fingerprint density at radius 2 is 2.26 bits per heavy atom. The van der Waals surface area contributed by atoms with Crippen molar-refractivity contribution in [1.29, 1.82) is 0 Å². The van der Waals surface area contributed by atoms with Gasteiger partial charge in [0.05, 0.1) is 13.1 Å². The molecule has 1 aliphatic rings. The van der Waals surface area contributed by atoms with Crippen LogP contribution in [-0.2, 0) is 11.3 Å². The number of aryl methyl sites for hydroxylation is 1. The summed E-state index contributed by atoms with van der Waals surface area (Å²) in [7, 11) is 1.87. The lowest BCUT2D eigenvalue weighted by Crippen LogP contribution is -2.41. The van der Waals surface area contributed by atoms with E-state index >= 15 is 0 Å². The fraction of sp³-hybridized carbons (Fsp3) is 0.562. The molecule has 6 nitrogen and oxygen atoms in total. The van der Waals surface area contributed by atoms with E-state index in [2.05, 4.69) is 21.1 Å². The smallest absolute Gasteiger partial charge is 0.236 e. The minimum atomic E-state index is 0.172. The number of carbonyl (C=O) groups excluding carboxylic acids is 1. The number of nitrogens with zero attached hydrogens (tertiary/aromatic N) is 4. The average molecular weight is 334 g/mol. The van der Waals surface area contributed by atoms with Gasteiger partial charge >= 0.3 is 0 Å². The van der Waals surface area contributed by atoms with Crippen molar-refractivity contribution < 1.29 is 9.32 Å². The molecule has 0 atom stereocenters. The summed E-state index contributed by atoms with van der Waals surface area (Å²) in [5.41, 5.74) is 0. The molecule has 1 saturated heterocycles. The van der Waals surface area contributed by atoms with Crippen LogP contribution in [0.4, 0.5) is 0 Å². The normalized spacial score (nSPS) is 16.6. The zero-order valence-electron chi connectivity index (χ0n) is 13.6. The lowest BCUT2D eigenvalue weighted by atomic mass is 9.97. The molecule has 2 aromatic rings. The molecule has 0 radical (unpaired) electrons. The van der Waals surface area contributed by atoms with Gasteiger partial charge in [-0.05, 0) is 44.3 Å². The number of piperidine rings is 1. The molecule has 124 valence electrons. The first kappa shape index (κ1) is 16.1. The molecule has 0 aromatic carbocycles. The SMILES string of the molecule is Cc1noc(C2CCN(CC(=O)N(C)Cc3cccs3)CC2)n1. The molecule has 0 aliphatic carbocycles. The molecule has 0 spiro atoms. The standard InChI is InChI=1S/C16H22N4O2S/c1-12-17-16(22-18-12)13-5-7-20(8-6-13)11-15(21)19(2)10-14-4-3-9-23-14/h3-4,9,13H,5-8,10-11H2,1-2H3. The summed E-state index contributed by atoms with van der Waals surface area (Å²) in [6, 6.07) is 4.08. The van der Waals surface area contributed by atoms with E-state index in [4.69, 9.17) is 4.52 Å². The van der Waals surface area contributed by atoms with Gasteiger partial charge in [-0.1, -0.05) is 11.2 Å². The zero-order chi connectivity index (χ0) is 16.2. The van der Waals surface area contributed by atoms with Crippen LogP contribution in [-0.4, -0.2) is 52.5 Å². The van der Waals surface area contributed by atoms with Gasteiger partial charge in [-0.15, -0.1) is 11.3 Å². The summed E-state index contributed by atoms with van der Waals surface area (Å²) in [4.78, 5) is 21.9. The van der Waals surface area contributed by atoms with E-state index in [1.807, 2.05) is 25.4 Å². The number of carbonyl (C=O) groups is 1. The second kappa shape index (κ2) is 7.23. The largest absolute Gasteiger partial charge is 0.340 e. The molecule has 3 heterocycles. The number of hydrogen-bond donors (Lipinski definition) is 0. The fourth-order valence-electron chi connectivity index (χ4n) is 2.85. The first-order valence-electron chi connectivity index (χ1n) is 7.90. The lowest BCUT2D eigenvalue weighted by molar-refractivity contribution is -0.131. The van der Waals surface area contributed by atoms with Crippen LogP contribution in [0.1, 0.15) is 35.4 Å². The second-order valence-corrected chi connectivity index (χ2v) is 7.09. The van der Waals surface area contributed by atoms with E-state index in [1.165, 1.54) is 4.88 Å². The minimum absolute atomic E-state index is 0.172. The number of thiophene rings is 1. The maximum atomic E-state index is 12.3. The molecule has 2 aromatic heterocycles. The van der Waals surface area contributed by atoms with Crippen molar-refractivity contribution in [3.05, 3.63) is 34.1 Å². The van der Waals surface area contributed by atoms with Gasteiger partial charge in [0.2, 0.25) is 11.8 Å². The van der Waals surface area contributed by atoms with Crippen LogP contribution in [0.15, 0.2) is 22.0 Å². The summed E-state index contributed by atoms with van der Waals surface area (Å²) in [6.45, 7) is 4.80. The van der Waals surface area contributed by atoms with Crippen LogP contribution in [0, 0.1) is 6.92 Å². The Morgan fingerprint density at radius 1 is 1.48 bits per heavy atom. The molecule has 7 heteroatoms. The predicted octanol–water partition coefficient (Wildman–Crippen LogP) is 2.28. The van der Waals surface area contributed by atoms with Crippen LogP contribution >= 0.6 is 11.3 Å². The average Bonchev–Trinajstić information content (AvgIpc) is 3.19. The van der Waals surface area contributed by atoms with Crippen molar-refractivity contribution in [3.63, 3.8) is 0 Å². The number of aromatic nitrogens is 2. The number of amides is 1. The highest BCUT2D eigenvalue weighted by Gasteiger charge is 2.26. The van der Waals surface area contributed by atoms with Gasteiger partial charge in [0.15, 0.2) is 5.82 Å². The Morgan fingerprint density at radius 3 is 2.87 bits per heavy atom. The molecule has 0 saturated carbocycles. The topological polar surface area (TPSA) is 62.5 Å². The van der Waals surface area contributed by atoms with E-state index in [0.29, 0.717) is 24.8 Å². The van der Waals surface area contributed by atoms with Gasteiger partial charge in [-0.2, -0.15) is 4.98 Å². The number of hydrogen-bond acceptors (Lipinski definition) is 6. The van der Waals surface area contributed by atoms with Crippen molar-refractivity contribution in [2.75, 3.05) is 26.7 Å². The molecule has 0 unspecified atom stereocenters. The van der Waals surface area contributed by atoms with E-state index in [9.17, 15) is 4.79 Å². The Bertz CT molecular complexity index is 632. The molecule has 0 N–H and O–H groups in total. The Balaban J connectivity index is 1.45. The van der Waals surface area contributed by atoms with Crippen LogP contribution in [0.5, 0.6) is 0 Å². The van der Waals surface area contributed by atoms with Gasteiger partial charge in [-0.25, -0.2) is 0 Å². The van der Waals surface area contributed by atoms with E-state index in [0.717, 1.165) is 31.8 Å². The molecule has 1 aliphatic heterocycles. The molecular formula is C16H22N4O2S. The highest BCUT2D eigenvalue weighted by atomic mass is 32.1. The third-order valence-electron chi connectivity index (χ3n) is 4.24. The van der Waals surface area contributed by atoms with Crippen molar-refractivity contribution in [3.8, 4) is 0 Å². The van der Waals surface area contributed by atoms with Crippen molar-refractivity contribution in [1.82, 2.24) is 19.9 Å². The number of likely N-dealkylation sites (N-methyl/N-ethyl adjacent to an activating group) is 1. The zero-order valence-corrected chi connectivity index (χ0v) is 14.4. The third-order valence-corrected chi connectivity index (χ3v) is 5.10. The van der Waals surface area contributed by atoms with Crippen LogP contribution in [0.25, 0.3) is 0 Å². The third kappa shape index (κ3) is 4.17. The highest BCUT2D eigenvalue weighted by molar-refractivity contribution is 7.09. The van der Waals surface area contributed by atoms with Crippen molar-refractivity contribution in [2.24, 2.45) is 0 Å². The van der Waals surface area contributed by atoms with Crippen LogP contribution in [0.3, 0.4) is 0 Å². The second-order valence-electron chi connectivity index (χ2n) is 6.06. The molecule has 1 amide bonds. The van der Waals surface area contributed by atoms with E-state index < -0.39 is 0 Å². The number of likely N-dealkylation sites (tertiary alicyclic amines) is 1. The maximum absolute atomic E-state index is 12.3. The molecule has 3 rings (SSSR count). The first-order chi connectivity index (χ1) is 11.1. The predicted molar refractivity (Wildman–Crippen MR) is 88.2 cm³/mol. The summed E-state index contributed by atoms with van der Waals surface area (Å²) in [5, 5.41) is 5.90. The Labute approximate surface area is 140 Å². The summed E-state index contributed by atoms with van der Waals surface area (Å²) >= 11 is 1.68. The fourth-order valence-corrected chi connectivity index (χ4v) is 3.61. The summed E-state index contributed by atoms with van der Waals surface area (Å²) < 4.78 is 5.26. The Hall–Kier alpha value is -1.73. The highest BCUT2D eigenvalue weighted by Crippen LogP contribution is 2.26. The van der Waals surface area contributed by atoms with Crippen LogP contribution in [0.2, 0.25) is 0 Å². The number of rotatable bonds is 5. The van der Waals surface area contributed by atoms with Crippen LogP contribution < -0.4 is 0 Å². The lowest BCUT2D eigenvalue weighted by Gasteiger charge is -2.31. The maximum Gasteiger partial charge on any atom is 0.236 e. The van der Waals surface area contributed by atoms with Gasteiger partial charge in [0.1, 0.15) is 0 Å². The minimum Gasteiger partial charge on any atom is -0.340 e. The molecule has 23 heavy (non-hydrogen) atoms. The quantitative estimate of drug-likeness (QED) is 0.839. The van der Waals surface area contributed by atoms with E-state index in [-0.39, 0.29) is 5.91 Å². The molecular weight excluding hydrogens is 312 g/mol. The summed E-state index contributed by atoms with van der Waals surface area (Å²) in [5.74, 6) is 1.92. The van der Waals surface area contributed by atoms with Crippen molar-refractivity contribution in [2.45, 2.75) is 32.2 Å². The van der Waals surface area contributed by atoms with Gasteiger partial charge in [0.25, 0.3) is 0 Å². The molecule has 1 fully saturated rings. The Kier molecular flexibility index (Phi) is 5.07. The van der Waals surface area contributed by atoms with Gasteiger partial charge < -0.3 is 9.42 Å². The van der Waals surface area contributed by atoms with Crippen molar-refractivity contribution >= 4 is 17.2 Å². The monoisotopic (exact) mass is 334 g/mol. The van der Waals surface area contributed by atoms with Gasteiger partial charge in [0, 0.05) is 17.8 Å². The molecule has 0 bridgehead atoms. The van der Waals surface area contributed by atoms with E-state index in [1.54, 1.807) is 16.2 Å². The first-order valence-corrected chi connectivity index (χ1v) is 8.78.